The van der Waals surface area contributed by atoms with Gasteiger partial charge in [-0.05, 0) is 31.4 Å². The summed E-state index contributed by atoms with van der Waals surface area (Å²) in [6, 6.07) is 19.0. The van der Waals surface area contributed by atoms with Crippen molar-refractivity contribution in [3.05, 3.63) is 65.7 Å². The van der Waals surface area contributed by atoms with Crippen LogP contribution in [-0.4, -0.2) is 43.8 Å². The Morgan fingerprint density at radius 3 is 2.00 bits per heavy atom. The summed E-state index contributed by atoms with van der Waals surface area (Å²) >= 11 is 0. The maximum absolute atomic E-state index is 12.3. The van der Waals surface area contributed by atoms with Crippen molar-refractivity contribution >= 4 is 5.97 Å². The minimum Gasteiger partial charge on any atom is -0.490 e. The van der Waals surface area contributed by atoms with Crippen molar-refractivity contribution < 1.29 is 18.8 Å². The Hall–Kier alpha value is -2.33. The molecule has 0 saturated carbocycles. The molecule has 4 nitrogen and oxygen atoms in total. The van der Waals surface area contributed by atoms with E-state index in [1.54, 1.807) is 0 Å². The van der Waals surface area contributed by atoms with Gasteiger partial charge in [-0.25, -0.2) is 0 Å². The molecule has 1 atom stereocenters. The van der Waals surface area contributed by atoms with Gasteiger partial charge in [0, 0.05) is 18.4 Å². The molecule has 2 aromatic carbocycles. The Labute approximate surface area is 252 Å². The van der Waals surface area contributed by atoms with Gasteiger partial charge in [-0.15, -0.1) is 0 Å². The minimum atomic E-state index is -0.107. The highest BCUT2D eigenvalue weighted by Crippen LogP contribution is 2.23. The number of rotatable bonds is 24. The van der Waals surface area contributed by atoms with E-state index < -0.39 is 0 Å². The lowest BCUT2D eigenvalue weighted by Crippen LogP contribution is -2.39. The molecular formula is C37H60NO3+. The number of unbranched alkanes of at least 4 members (excludes halogenated alkanes) is 11. The van der Waals surface area contributed by atoms with Crippen LogP contribution in [0.3, 0.4) is 0 Å². The zero-order valence-electron chi connectivity index (χ0n) is 26.9. The molecule has 0 radical (unpaired) electrons. The van der Waals surface area contributed by atoms with Crippen LogP contribution in [0.5, 0.6) is 5.75 Å². The average molecular weight is 567 g/mol. The van der Waals surface area contributed by atoms with E-state index in [0.717, 1.165) is 36.2 Å². The fraction of sp³-hybridized carbons (Fsp3) is 0.649. The first-order valence-corrected chi connectivity index (χ1v) is 16.7. The lowest BCUT2D eigenvalue weighted by Gasteiger charge is -2.29. The lowest BCUT2D eigenvalue weighted by atomic mass is 10.0. The monoisotopic (exact) mass is 566 g/mol. The fourth-order valence-corrected chi connectivity index (χ4v) is 5.48. The van der Waals surface area contributed by atoms with E-state index in [1.807, 2.05) is 12.1 Å². The van der Waals surface area contributed by atoms with E-state index in [4.69, 9.17) is 9.47 Å². The number of quaternary nitrogens is 1. The van der Waals surface area contributed by atoms with Crippen LogP contribution >= 0.6 is 0 Å². The first-order valence-electron chi connectivity index (χ1n) is 16.7. The Bertz CT molecular complexity index is 927. The van der Waals surface area contributed by atoms with E-state index in [-0.39, 0.29) is 12.1 Å². The summed E-state index contributed by atoms with van der Waals surface area (Å²) in [6.07, 6.45) is 19.5. The maximum Gasteiger partial charge on any atom is 0.306 e. The number of nitrogens with zero attached hydrogens (tertiary/aromatic N) is 1. The largest absolute Gasteiger partial charge is 0.490 e. The van der Waals surface area contributed by atoms with E-state index in [1.165, 1.54) is 88.2 Å². The molecule has 0 amide bonds. The van der Waals surface area contributed by atoms with Crippen LogP contribution in [0, 0.1) is 0 Å². The number of esters is 1. The van der Waals surface area contributed by atoms with Crippen LogP contribution in [0.25, 0.3) is 0 Å². The SMILES string of the molecule is CCCCCCCCCCCCCCc1ccccc1OC(C)CCOC(=O)CCC[N+](C)(C)Cc1ccccc1. The minimum absolute atomic E-state index is 0.00685. The third kappa shape index (κ3) is 17.3. The van der Waals surface area contributed by atoms with Crippen molar-refractivity contribution in [2.24, 2.45) is 0 Å². The summed E-state index contributed by atoms with van der Waals surface area (Å²) in [5.41, 5.74) is 2.62. The number of carbonyl (C=O) groups excluding carboxylic acids is 1. The number of hydrogen-bond donors (Lipinski definition) is 0. The van der Waals surface area contributed by atoms with Crippen LogP contribution in [0.4, 0.5) is 0 Å². The molecule has 2 rings (SSSR count). The molecule has 0 aliphatic carbocycles. The van der Waals surface area contributed by atoms with E-state index >= 15 is 0 Å². The zero-order valence-corrected chi connectivity index (χ0v) is 26.9. The first-order chi connectivity index (χ1) is 19.9. The first kappa shape index (κ1) is 34.9. The van der Waals surface area contributed by atoms with Gasteiger partial charge in [0.1, 0.15) is 12.3 Å². The third-order valence-corrected chi connectivity index (χ3v) is 7.99. The number of ether oxygens (including phenoxy) is 2. The predicted octanol–water partition coefficient (Wildman–Crippen LogP) is 9.69. The molecule has 4 heteroatoms. The molecule has 230 valence electrons. The normalized spacial score (nSPS) is 12.3. The Kier molecular flexibility index (Phi) is 18.2. The molecule has 0 heterocycles. The van der Waals surface area contributed by atoms with Crippen molar-refractivity contribution in [3.63, 3.8) is 0 Å². The van der Waals surface area contributed by atoms with Gasteiger partial charge in [-0.3, -0.25) is 4.79 Å². The average Bonchev–Trinajstić information content (AvgIpc) is 2.94. The summed E-state index contributed by atoms with van der Waals surface area (Å²) in [5.74, 6) is 0.872. The summed E-state index contributed by atoms with van der Waals surface area (Å²) in [7, 11) is 4.43. The highest BCUT2D eigenvalue weighted by atomic mass is 16.5. The van der Waals surface area contributed by atoms with Gasteiger partial charge < -0.3 is 14.0 Å². The van der Waals surface area contributed by atoms with Crippen molar-refractivity contribution in [2.45, 2.75) is 129 Å². The Morgan fingerprint density at radius 1 is 0.756 bits per heavy atom. The smallest absolute Gasteiger partial charge is 0.306 e. The molecule has 0 saturated heterocycles. The van der Waals surface area contributed by atoms with Gasteiger partial charge in [0.15, 0.2) is 0 Å². The zero-order chi connectivity index (χ0) is 29.6. The van der Waals surface area contributed by atoms with Gasteiger partial charge in [0.05, 0.1) is 39.8 Å². The van der Waals surface area contributed by atoms with Crippen LogP contribution < -0.4 is 4.74 Å². The lowest BCUT2D eigenvalue weighted by molar-refractivity contribution is -0.903. The van der Waals surface area contributed by atoms with Gasteiger partial charge in [0.2, 0.25) is 0 Å². The number of aryl methyl sites for hydroxylation is 1. The number of carbonyl (C=O) groups is 1. The van der Waals surface area contributed by atoms with Crippen molar-refractivity contribution in [2.75, 3.05) is 27.2 Å². The standard InChI is InChI=1S/C37H60NO3/c1-5-6-7-8-9-10-11-12-13-14-15-19-25-35-26-20-21-27-36(35)41-33(2)29-31-40-37(39)28-22-30-38(3,4)32-34-23-17-16-18-24-34/h16-18,20-21,23-24,26-27,33H,5-15,19,22,25,28-32H2,1-4H3/q+1. The summed E-state index contributed by atoms with van der Waals surface area (Å²) < 4.78 is 12.7. The van der Waals surface area contributed by atoms with Gasteiger partial charge >= 0.3 is 5.97 Å². The molecule has 0 aliphatic rings. The van der Waals surface area contributed by atoms with Crippen LogP contribution in [0.15, 0.2) is 54.6 Å². The molecule has 0 aliphatic heterocycles. The highest BCUT2D eigenvalue weighted by Gasteiger charge is 2.17. The number of hydrogen-bond acceptors (Lipinski definition) is 3. The molecule has 0 spiro atoms. The van der Waals surface area contributed by atoms with Crippen LogP contribution in [0.1, 0.15) is 121 Å². The van der Waals surface area contributed by atoms with Gasteiger partial charge in [-0.2, -0.15) is 0 Å². The van der Waals surface area contributed by atoms with E-state index in [0.29, 0.717) is 19.4 Å². The molecule has 41 heavy (non-hydrogen) atoms. The molecule has 0 bridgehead atoms. The van der Waals surface area contributed by atoms with Gasteiger partial charge in [-0.1, -0.05) is 126 Å². The second-order valence-corrected chi connectivity index (χ2v) is 12.6. The van der Waals surface area contributed by atoms with Crippen molar-refractivity contribution in [1.29, 1.82) is 0 Å². The fourth-order valence-electron chi connectivity index (χ4n) is 5.48. The van der Waals surface area contributed by atoms with E-state index in [2.05, 4.69) is 70.4 Å². The van der Waals surface area contributed by atoms with Crippen LogP contribution in [-0.2, 0) is 22.5 Å². The second kappa shape index (κ2) is 21.4. The van der Waals surface area contributed by atoms with Crippen molar-refractivity contribution in [3.8, 4) is 5.75 Å². The van der Waals surface area contributed by atoms with Crippen LogP contribution in [0.2, 0.25) is 0 Å². The molecule has 0 N–H and O–H groups in total. The maximum atomic E-state index is 12.3. The molecule has 0 aromatic heterocycles. The molecule has 1 unspecified atom stereocenters. The third-order valence-electron chi connectivity index (χ3n) is 7.99. The summed E-state index contributed by atoms with van der Waals surface area (Å²) in [5, 5.41) is 0. The highest BCUT2D eigenvalue weighted by molar-refractivity contribution is 5.69. The summed E-state index contributed by atoms with van der Waals surface area (Å²) in [4.78, 5) is 12.3. The molecular weight excluding hydrogens is 506 g/mol. The molecule has 0 fully saturated rings. The predicted molar refractivity (Wildman–Crippen MR) is 173 cm³/mol. The van der Waals surface area contributed by atoms with Crippen molar-refractivity contribution in [1.82, 2.24) is 0 Å². The number of benzene rings is 2. The quantitative estimate of drug-likeness (QED) is 0.0721. The number of para-hydroxylation sites is 1. The Morgan fingerprint density at radius 2 is 1.34 bits per heavy atom. The van der Waals surface area contributed by atoms with E-state index in [9.17, 15) is 4.79 Å². The van der Waals surface area contributed by atoms with Gasteiger partial charge in [0.25, 0.3) is 0 Å². The summed E-state index contributed by atoms with van der Waals surface area (Å²) in [6.45, 7) is 6.66. The Balaban J connectivity index is 1.54. The topological polar surface area (TPSA) is 35.5 Å². The second-order valence-electron chi connectivity index (χ2n) is 12.6. The molecule has 2 aromatic rings.